The van der Waals surface area contributed by atoms with Crippen LogP contribution >= 0.6 is 0 Å². The van der Waals surface area contributed by atoms with E-state index in [1.54, 1.807) is 43.3 Å². The molecule has 1 heterocycles. The highest BCUT2D eigenvalue weighted by Gasteiger charge is 2.18. The number of nitrogens with zero attached hydrogens (tertiary/aromatic N) is 1. The van der Waals surface area contributed by atoms with E-state index in [0.717, 1.165) is 39.3 Å². The van der Waals surface area contributed by atoms with Crippen molar-refractivity contribution in [3.8, 4) is 0 Å². The van der Waals surface area contributed by atoms with Crippen LogP contribution in [0.3, 0.4) is 0 Å². The monoisotopic (exact) mass is 417 g/mol. The van der Waals surface area contributed by atoms with Crippen LogP contribution in [-0.2, 0) is 14.8 Å². The van der Waals surface area contributed by atoms with Crippen LogP contribution in [0.2, 0.25) is 0 Å². The molecule has 7 nitrogen and oxygen atoms in total. The molecule has 2 aromatic carbocycles. The number of nitrogens with one attached hydrogen (secondary N) is 2. The first-order valence-electron chi connectivity index (χ1n) is 9.73. The Hall–Kier alpha value is -2.42. The number of amides is 1. The summed E-state index contributed by atoms with van der Waals surface area (Å²) in [6, 6.07) is 13.2. The molecule has 0 aliphatic carbocycles. The van der Waals surface area contributed by atoms with E-state index in [2.05, 4.69) is 14.9 Å². The normalized spacial score (nSPS) is 15.1. The van der Waals surface area contributed by atoms with Crippen LogP contribution in [0.4, 0.5) is 5.69 Å². The lowest BCUT2D eigenvalue weighted by atomic mass is 10.1. The Kier molecular flexibility index (Phi) is 7.24. The first kappa shape index (κ1) is 21.3. The molecule has 1 aliphatic rings. The fraction of sp³-hybridized carbons (Fsp3) is 0.381. The highest BCUT2D eigenvalue weighted by atomic mass is 32.2. The molecule has 1 aliphatic heterocycles. The van der Waals surface area contributed by atoms with Crippen LogP contribution in [-0.4, -0.2) is 58.6 Å². The zero-order valence-corrected chi connectivity index (χ0v) is 17.4. The summed E-state index contributed by atoms with van der Waals surface area (Å²) in [5.41, 5.74) is 1.46. The van der Waals surface area contributed by atoms with Gasteiger partial charge in [-0.1, -0.05) is 24.3 Å². The minimum atomic E-state index is -3.71. The Morgan fingerprint density at radius 1 is 1.07 bits per heavy atom. The summed E-state index contributed by atoms with van der Waals surface area (Å²) in [6.07, 6.45) is 0.852. The van der Waals surface area contributed by atoms with Gasteiger partial charge in [0, 0.05) is 25.2 Å². The van der Waals surface area contributed by atoms with Gasteiger partial charge in [-0.05, 0) is 49.7 Å². The molecule has 3 rings (SSSR count). The van der Waals surface area contributed by atoms with E-state index in [4.69, 9.17) is 4.74 Å². The Labute approximate surface area is 172 Å². The van der Waals surface area contributed by atoms with Gasteiger partial charge in [0.1, 0.15) is 0 Å². The standard InChI is InChI=1S/C21H27N3O4S/c1-17-19(21(25)22-11-6-12-24-13-15-28-16-14-24)9-5-10-20(17)23-29(26,27)18-7-3-2-4-8-18/h2-5,7-10,23H,6,11-16H2,1H3,(H,22,25). The fourth-order valence-electron chi connectivity index (χ4n) is 3.22. The average Bonchev–Trinajstić information content (AvgIpc) is 2.74. The van der Waals surface area contributed by atoms with Crippen molar-refractivity contribution in [3.05, 3.63) is 59.7 Å². The van der Waals surface area contributed by atoms with Crippen LogP contribution in [0, 0.1) is 6.92 Å². The molecule has 1 amide bonds. The second-order valence-corrected chi connectivity index (χ2v) is 8.64. The van der Waals surface area contributed by atoms with Gasteiger partial charge >= 0.3 is 0 Å². The minimum Gasteiger partial charge on any atom is -0.379 e. The van der Waals surface area contributed by atoms with Crippen molar-refractivity contribution in [2.24, 2.45) is 0 Å². The fourth-order valence-corrected chi connectivity index (χ4v) is 4.36. The molecular formula is C21H27N3O4S. The molecular weight excluding hydrogens is 390 g/mol. The van der Waals surface area contributed by atoms with E-state index < -0.39 is 10.0 Å². The Morgan fingerprint density at radius 2 is 1.79 bits per heavy atom. The number of hydrogen-bond acceptors (Lipinski definition) is 5. The highest BCUT2D eigenvalue weighted by molar-refractivity contribution is 7.92. The molecule has 0 aromatic heterocycles. The predicted molar refractivity (Wildman–Crippen MR) is 113 cm³/mol. The third kappa shape index (κ3) is 5.79. The number of carbonyl (C=O) groups excluding carboxylic acids is 1. The summed E-state index contributed by atoms with van der Waals surface area (Å²) in [4.78, 5) is 15.1. The molecule has 0 saturated carbocycles. The van der Waals surface area contributed by atoms with E-state index in [0.29, 0.717) is 23.4 Å². The molecule has 8 heteroatoms. The average molecular weight is 418 g/mol. The lowest BCUT2D eigenvalue weighted by Gasteiger charge is -2.26. The number of benzene rings is 2. The van der Waals surface area contributed by atoms with Crippen molar-refractivity contribution in [3.63, 3.8) is 0 Å². The Balaban J connectivity index is 1.59. The quantitative estimate of drug-likeness (QED) is 0.643. The molecule has 0 unspecified atom stereocenters. The lowest BCUT2D eigenvalue weighted by Crippen LogP contribution is -2.38. The van der Waals surface area contributed by atoms with Crippen molar-refractivity contribution in [2.75, 3.05) is 44.1 Å². The maximum atomic E-state index is 12.6. The van der Waals surface area contributed by atoms with Gasteiger partial charge < -0.3 is 10.1 Å². The van der Waals surface area contributed by atoms with E-state index in [-0.39, 0.29) is 10.8 Å². The molecule has 0 radical (unpaired) electrons. The molecule has 2 N–H and O–H groups in total. The van der Waals surface area contributed by atoms with Gasteiger partial charge in [0.2, 0.25) is 0 Å². The molecule has 1 fully saturated rings. The maximum Gasteiger partial charge on any atom is 0.261 e. The summed E-state index contributed by atoms with van der Waals surface area (Å²) in [6.45, 7) is 6.60. The second kappa shape index (κ2) is 9.87. The molecule has 0 bridgehead atoms. The third-order valence-corrected chi connectivity index (χ3v) is 6.30. The van der Waals surface area contributed by atoms with Gasteiger partial charge in [-0.25, -0.2) is 8.42 Å². The molecule has 0 atom stereocenters. The minimum absolute atomic E-state index is 0.178. The zero-order chi connectivity index (χ0) is 20.7. The Bertz CT molecular complexity index is 926. The Morgan fingerprint density at radius 3 is 2.52 bits per heavy atom. The topological polar surface area (TPSA) is 87.7 Å². The molecule has 2 aromatic rings. The summed E-state index contributed by atoms with van der Waals surface area (Å²) in [5, 5.41) is 2.93. The van der Waals surface area contributed by atoms with Crippen molar-refractivity contribution in [1.82, 2.24) is 10.2 Å². The number of rotatable bonds is 8. The third-order valence-electron chi connectivity index (χ3n) is 4.92. The summed E-state index contributed by atoms with van der Waals surface area (Å²) >= 11 is 0. The first-order valence-corrected chi connectivity index (χ1v) is 11.2. The number of carbonyl (C=O) groups is 1. The highest BCUT2D eigenvalue weighted by Crippen LogP contribution is 2.22. The molecule has 1 saturated heterocycles. The van der Waals surface area contributed by atoms with E-state index >= 15 is 0 Å². The number of anilines is 1. The number of sulfonamides is 1. The van der Waals surface area contributed by atoms with Gasteiger partial charge in [0.25, 0.3) is 15.9 Å². The van der Waals surface area contributed by atoms with Crippen molar-refractivity contribution >= 4 is 21.6 Å². The van der Waals surface area contributed by atoms with Crippen LogP contribution in [0.1, 0.15) is 22.3 Å². The SMILES string of the molecule is Cc1c(NS(=O)(=O)c2ccccc2)cccc1C(=O)NCCCN1CCOCC1. The van der Waals surface area contributed by atoms with Crippen LogP contribution in [0.25, 0.3) is 0 Å². The van der Waals surface area contributed by atoms with Crippen molar-refractivity contribution in [1.29, 1.82) is 0 Å². The van der Waals surface area contributed by atoms with Crippen molar-refractivity contribution in [2.45, 2.75) is 18.2 Å². The number of hydrogen-bond donors (Lipinski definition) is 2. The maximum absolute atomic E-state index is 12.6. The van der Waals surface area contributed by atoms with Gasteiger partial charge in [-0.2, -0.15) is 0 Å². The predicted octanol–water partition coefficient (Wildman–Crippen LogP) is 2.25. The van der Waals surface area contributed by atoms with Crippen LogP contribution in [0.5, 0.6) is 0 Å². The summed E-state index contributed by atoms with van der Waals surface area (Å²) in [5.74, 6) is -0.203. The van der Waals surface area contributed by atoms with Crippen LogP contribution in [0.15, 0.2) is 53.4 Å². The largest absolute Gasteiger partial charge is 0.379 e. The van der Waals surface area contributed by atoms with Gasteiger partial charge in [0.15, 0.2) is 0 Å². The van der Waals surface area contributed by atoms with Gasteiger partial charge in [-0.15, -0.1) is 0 Å². The van der Waals surface area contributed by atoms with Crippen molar-refractivity contribution < 1.29 is 17.9 Å². The zero-order valence-electron chi connectivity index (χ0n) is 16.6. The smallest absolute Gasteiger partial charge is 0.261 e. The second-order valence-electron chi connectivity index (χ2n) is 6.96. The molecule has 0 spiro atoms. The summed E-state index contributed by atoms with van der Waals surface area (Å²) in [7, 11) is -3.71. The van der Waals surface area contributed by atoms with E-state index in [9.17, 15) is 13.2 Å². The molecule has 156 valence electrons. The lowest BCUT2D eigenvalue weighted by molar-refractivity contribution is 0.0374. The van der Waals surface area contributed by atoms with Crippen LogP contribution < -0.4 is 10.0 Å². The first-order chi connectivity index (χ1) is 14.0. The van der Waals surface area contributed by atoms with E-state index in [1.165, 1.54) is 12.1 Å². The summed E-state index contributed by atoms with van der Waals surface area (Å²) < 4.78 is 33.1. The van der Waals surface area contributed by atoms with Gasteiger partial charge in [0.05, 0.1) is 23.8 Å². The van der Waals surface area contributed by atoms with E-state index in [1.807, 2.05) is 0 Å². The van der Waals surface area contributed by atoms with Gasteiger partial charge in [-0.3, -0.25) is 14.4 Å². The number of morpholine rings is 1. The number of ether oxygens (including phenoxy) is 1. The molecule has 29 heavy (non-hydrogen) atoms.